The minimum Gasteiger partial charge on any atom is -0.385 e. The summed E-state index contributed by atoms with van der Waals surface area (Å²) in [6, 6.07) is 3.57. The van der Waals surface area contributed by atoms with E-state index in [0.29, 0.717) is 10.9 Å². The fourth-order valence-corrected chi connectivity index (χ4v) is 1.78. The van der Waals surface area contributed by atoms with E-state index < -0.39 is 6.10 Å². The van der Waals surface area contributed by atoms with Crippen LogP contribution in [-0.2, 0) is 4.74 Å². The molecule has 0 amide bonds. The summed E-state index contributed by atoms with van der Waals surface area (Å²) in [4.78, 5) is 0.844. The molecule has 0 radical (unpaired) electrons. The predicted octanol–water partition coefficient (Wildman–Crippen LogP) is 2.08. The van der Waals surface area contributed by atoms with E-state index in [-0.39, 0.29) is 0 Å². The first-order valence-corrected chi connectivity index (χ1v) is 4.35. The van der Waals surface area contributed by atoms with Gasteiger partial charge in [-0.25, -0.2) is 0 Å². The number of rotatable bonds is 3. The van der Waals surface area contributed by atoms with Gasteiger partial charge in [0.2, 0.25) is 0 Å². The van der Waals surface area contributed by atoms with Crippen molar-refractivity contribution in [1.29, 1.82) is 0 Å². The molecule has 0 spiro atoms. The molecule has 0 saturated carbocycles. The molecule has 0 fully saturated rings. The van der Waals surface area contributed by atoms with Gasteiger partial charge in [0.15, 0.2) is 0 Å². The lowest BCUT2D eigenvalue weighted by Crippen LogP contribution is -2.02. The second-order valence-electron chi connectivity index (χ2n) is 2.11. The number of hydrogen-bond donors (Lipinski definition) is 1. The lowest BCUT2D eigenvalue weighted by atomic mass is 10.3. The largest absolute Gasteiger partial charge is 0.385 e. The molecular weight excluding hydrogens is 184 g/mol. The monoisotopic (exact) mass is 192 g/mol. The Balaban J connectivity index is 2.60. The summed E-state index contributed by atoms with van der Waals surface area (Å²) in [5, 5.41) is 9.36. The maximum atomic E-state index is 9.36. The Morgan fingerprint density at radius 3 is 2.91 bits per heavy atom. The van der Waals surface area contributed by atoms with Crippen LogP contribution in [0.5, 0.6) is 0 Å². The first kappa shape index (κ1) is 9.00. The highest BCUT2D eigenvalue weighted by Crippen LogP contribution is 2.26. The summed E-state index contributed by atoms with van der Waals surface area (Å²) in [7, 11) is 1.55. The van der Waals surface area contributed by atoms with Crippen LogP contribution in [0.25, 0.3) is 0 Å². The van der Waals surface area contributed by atoms with Crippen molar-refractivity contribution in [2.24, 2.45) is 0 Å². The van der Waals surface area contributed by atoms with Crippen molar-refractivity contribution in [2.75, 3.05) is 13.7 Å². The average Bonchev–Trinajstić information content (AvgIpc) is 2.36. The average molecular weight is 193 g/mol. The first-order chi connectivity index (χ1) is 5.24. The molecule has 11 heavy (non-hydrogen) atoms. The SMILES string of the molecule is COCC(O)c1ccc(Cl)s1. The number of thiophene rings is 1. The second kappa shape index (κ2) is 4.07. The van der Waals surface area contributed by atoms with Crippen LogP contribution in [0.3, 0.4) is 0 Å². The van der Waals surface area contributed by atoms with Gasteiger partial charge in [0, 0.05) is 12.0 Å². The molecule has 1 rings (SSSR count). The molecule has 0 aliphatic carbocycles. The summed E-state index contributed by atoms with van der Waals surface area (Å²) in [5.41, 5.74) is 0. The van der Waals surface area contributed by atoms with Gasteiger partial charge in [0.1, 0.15) is 6.10 Å². The van der Waals surface area contributed by atoms with E-state index in [0.717, 1.165) is 4.88 Å². The number of aliphatic hydroxyl groups is 1. The van der Waals surface area contributed by atoms with Gasteiger partial charge in [-0.2, -0.15) is 0 Å². The molecule has 4 heteroatoms. The van der Waals surface area contributed by atoms with E-state index in [2.05, 4.69) is 0 Å². The normalized spacial score (nSPS) is 13.4. The second-order valence-corrected chi connectivity index (χ2v) is 3.86. The van der Waals surface area contributed by atoms with Gasteiger partial charge in [-0.15, -0.1) is 11.3 Å². The number of ether oxygens (including phenoxy) is 1. The maximum Gasteiger partial charge on any atom is 0.111 e. The van der Waals surface area contributed by atoms with Crippen molar-refractivity contribution in [3.63, 3.8) is 0 Å². The molecule has 1 unspecified atom stereocenters. The lowest BCUT2D eigenvalue weighted by Gasteiger charge is -2.04. The summed E-state index contributed by atoms with van der Waals surface area (Å²) in [6.07, 6.45) is -0.544. The topological polar surface area (TPSA) is 29.5 Å². The van der Waals surface area contributed by atoms with E-state index in [9.17, 15) is 5.11 Å². The van der Waals surface area contributed by atoms with E-state index in [4.69, 9.17) is 16.3 Å². The molecule has 62 valence electrons. The molecule has 0 saturated heterocycles. The molecule has 0 aliphatic rings. The number of methoxy groups -OCH3 is 1. The third-order valence-electron chi connectivity index (χ3n) is 1.25. The van der Waals surface area contributed by atoms with Crippen molar-refractivity contribution in [3.05, 3.63) is 21.3 Å². The molecule has 2 nitrogen and oxygen atoms in total. The van der Waals surface area contributed by atoms with Crippen LogP contribution in [0.4, 0.5) is 0 Å². The van der Waals surface area contributed by atoms with Crippen LogP contribution < -0.4 is 0 Å². The fraction of sp³-hybridized carbons (Fsp3) is 0.429. The highest BCUT2D eigenvalue weighted by atomic mass is 35.5. The van der Waals surface area contributed by atoms with Crippen LogP contribution in [0.1, 0.15) is 11.0 Å². The molecule has 1 N–H and O–H groups in total. The van der Waals surface area contributed by atoms with Gasteiger partial charge < -0.3 is 9.84 Å². The van der Waals surface area contributed by atoms with Gasteiger partial charge in [-0.3, -0.25) is 0 Å². The van der Waals surface area contributed by atoms with Gasteiger partial charge in [-0.05, 0) is 12.1 Å². The Morgan fingerprint density at radius 1 is 1.73 bits per heavy atom. The quantitative estimate of drug-likeness (QED) is 0.795. The zero-order valence-electron chi connectivity index (χ0n) is 6.08. The summed E-state index contributed by atoms with van der Waals surface area (Å²) >= 11 is 7.04. The maximum absolute atomic E-state index is 9.36. The highest BCUT2D eigenvalue weighted by molar-refractivity contribution is 7.16. The van der Waals surface area contributed by atoms with Crippen LogP contribution in [-0.4, -0.2) is 18.8 Å². The Bertz CT molecular complexity index is 224. The summed E-state index contributed by atoms with van der Waals surface area (Å²) in [6.45, 7) is 0.316. The Kier molecular flexibility index (Phi) is 3.33. The highest BCUT2D eigenvalue weighted by Gasteiger charge is 2.08. The Labute approximate surface area is 74.4 Å². The number of halogens is 1. The van der Waals surface area contributed by atoms with Crippen LogP contribution in [0.2, 0.25) is 4.34 Å². The van der Waals surface area contributed by atoms with Crippen LogP contribution in [0.15, 0.2) is 12.1 Å². The molecule has 1 atom stereocenters. The Hall–Kier alpha value is -0.0900. The molecule has 1 aromatic heterocycles. The van der Waals surface area contributed by atoms with E-state index in [1.165, 1.54) is 11.3 Å². The van der Waals surface area contributed by atoms with Gasteiger partial charge in [0.25, 0.3) is 0 Å². The zero-order valence-corrected chi connectivity index (χ0v) is 7.65. The van der Waals surface area contributed by atoms with E-state index in [1.807, 2.05) is 0 Å². The van der Waals surface area contributed by atoms with Crippen molar-refractivity contribution in [3.8, 4) is 0 Å². The van der Waals surface area contributed by atoms with Gasteiger partial charge in [0.05, 0.1) is 10.9 Å². The van der Waals surface area contributed by atoms with Crippen molar-refractivity contribution >= 4 is 22.9 Å². The smallest absolute Gasteiger partial charge is 0.111 e. The van der Waals surface area contributed by atoms with Crippen molar-refractivity contribution in [1.82, 2.24) is 0 Å². The minimum absolute atomic E-state index is 0.316. The molecule has 1 heterocycles. The van der Waals surface area contributed by atoms with Crippen molar-refractivity contribution in [2.45, 2.75) is 6.10 Å². The standard InChI is InChI=1S/C7H9ClO2S/c1-10-4-5(9)6-2-3-7(8)11-6/h2-3,5,9H,4H2,1H3. The fourth-order valence-electron chi connectivity index (χ4n) is 0.747. The summed E-state index contributed by atoms with van der Waals surface area (Å²) in [5.74, 6) is 0. The lowest BCUT2D eigenvalue weighted by molar-refractivity contribution is 0.0666. The molecule has 0 bridgehead atoms. The van der Waals surface area contributed by atoms with E-state index in [1.54, 1.807) is 19.2 Å². The van der Waals surface area contributed by atoms with E-state index >= 15 is 0 Å². The summed E-state index contributed by atoms with van der Waals surface area (Å²) < 4.78 is 5.47. The molecular formula is C7H9ClO2S. The van der Waals surface area contributed by atoms with Crippen LogP contribution >= 0.6 is 22.9 Å². The first-order valence-electron chi connectivity index (χ1n) is 3.16. The number of aliphatic hydroxyl groups excluding tert-OH is 1. The zero-order chi connectivity index (χ0) is 8.27. The predicted molar refractivity (Wildman–Crippen MR) is 46.2 cm³/mol. The van der Waals surface area contributed by atoms with Crippen LogP contribution in [0, 0.1) is 0 Å². The third kappa shape index (κ3) is 2.45. The van der Waals surface area contributed by atoms with Gasteiger partial charge >= 0.3 is 0 Å². The minimum atomic E-state index is -0.544. The van der Waals surface area contributed by atoms with Gasteiger partial charge in [-0.1, -0.05) is 11.6 Å². The number of hydrogen-bond acceptors (Lipinski definition) is 3. The molecule has 1 aromatic rings. The Morgan fingerprint density at radius 2 is 2.45 bits per heavy atom. The van der Waals surface area contributed by atoms with Crippen molar-refractivity contribution < 1.29 is 9.84 Å². The molecule has 0 aromatic carbocycles. The third-order valence-corrected chi connectivity index (χ3v) is 2.58. The molecule has 0 aliphatic heterocycles.